The number of fused-ring (bicyclic) bond motifs is 1. The summed E-state index contributed by atoms with van der Waals surface area (Å²) < 4.78 is 2.29. The Hall–Kier alpha value is -0.290. The lowest BCUT2D eigenvalue weighted by molar-refractivity contribution is -0.401. The molecule has 0 fully saturated rings. The van der Waals surface area contributed by atoms with Crippen molar-refractivity contribution in [3.63, 3.8) is 0 Å². The van der Waals surface area contributed by atoms with E-state index < -0.39 is 0 Å². The molecule has 1 nitrogen and oxygen atoms in total. The maximum Gasteiger partial charge on any atom is 0.209 e. The van der Waals surface area contributed by atoms with Crippen LogP contribution >= 0.6 is 11.8 Å². The molecule has 0 amide bonds. The second kappa shape index (κ2) is 5.57. The van der Waals surface area contributed by atoms with Crippen LogP contribution in [0, 0.1) is 0 Å². The van der Waals surface area contributed by atoms with E-state index in [-0.39, 0.29) is 29.4 Å². The number of benzene rings is 1. The van der Waals surface area contributed by atoms with Crippen molar-refractivity contribution in [3.05, 3.63) is 41.3 Å². The van der Waals surface area contributed by atoms with Crippen molar-refractivity contribution in [3.8, 4) is 0 Å². The van der Waals surface area contributed by atoms with Gasteiger partial charge in [-0.2, -0.15) is 4.58 Å². The van der Waals surface area contributed by atoms with E-state index in [9.17, 15) is 0 Å². The van der Waals surface area contributed by atoms with E-state index in [0.717, 1.165) is 0 Å². The molecule has 0 unspecified atom stereocenters. The van der Waals surface area contributed by atoms with Crippen LogP contribution < -0.4 is 24.0 Å². The van der Waals surface area contributed by atoms with Crippen molar-refractivity contribution < 1.29 is 28.6 Å². The molecule has 2 rings (SSSR count). The van der Waals surface area contributed by atoms with Crippen LogP contribution in [0.25, 0.3) is 0 Å². The number of hydrogen-bond acceptors (Lipinski definition) is 1. The highest BCUT2D eigenvalue weighted by Crippen LogP contribution is 2.38. The van der Waals surface area contributed by atoms with Gasteiger partial charge >= 0.3 is 0 Å². The summed E-state index contributed by atoms with van der Waals surface area (Å²) in [6.07, 6.45) is 4.32. The molecule has 0 aromatic heterocycles. The first-order valence-electron chi connectivity index (χ1n) is 5.49. The van der Waals surface area contributed by atoms with Gasteiger partial charge in [-0.25, -0.2) is 0 Å². The third kappa shape index (κ3) is 2.45. The highest BCUT2D eigenvalue weighted by atomic mass is 127. The van der Waals surface area contributed by atoms with Gasteiger partial charge in [0.05, 0.1) is 5.41 Å². The zero-order chi connectivity index (χ0) is 11.8. The summed E-state index contributed by atoms with van der Waals surface area (Å²) in [5.74, 6) is 0. The maximum atomic E-state index is 2.29. The van der Waals surface area contributed by atoms with E-state index in [1.54, 1.807) is 11.8 Å². The van der Waals surface area contributed by atoms with E-state index in [0.29, 0.717) is 0 Å². The fourth-order valence-corrected chi connectivity index (χ4v) is 2.70. The summed E-state index contributed by atoms with van der Waals surface area (Å²) >= 11 is 1.74. The van der Waals surface area contributed by atoms with Crippen LogP contribution in [0.15, 0.2) is 35.7 Å². The molecule has 1 heterocycles. The van der Waals surface area contributed by atoms with E-state index in [1.165, 1.54) is 17.0 Å². The molecule has 1 aromatic carbocycles. The highest BCUT2D eigenvalue weighted by molar-refractivity contribution is 8.01. The zero-order valence-electron chi connectivity index (χ0n) is 10.7. The number of nitrogens with zero attached hydrogens (tertiary/aromatic N) is 1. The fraction of sp³-hybridized carbons (Fsp3) is 0.357. The Balaban J connectivity index is 0.00000144. The Kier molecular flexibility index (Phi) is 4.84. The monoisotopic (exact) mass is 359 g/mol. The zero-order valence-corrected chi connectivity index (χ0v) is 13.7. The number of rotatable bonds is 2. The van der Waals surface area contributed by atoms with Gasteiger partial charge in [-0.3, -0.25) is 0 Å². The summed E-state index contributed by atoms with van der Waals surface area (Å²) in [7, 11) is 2.15. The smallest absolute Gasteiger partial charge is 0.209 e. The SMILES string of the molecule is CSC=CC1=[N+](C)c2ccccc2C1(C)C.[I-]. The van der Waals surface area contributed by atoms with Gasteiger partial charge in [-0.15, -0.1) is 11.8 Å². The van der Waals surface area contributed by atoms with Gasteiger partial charge in [0.15, 0.2) is 5.71 Å². The molecule has 0 radical (unpaired) electrons. The Morgan fingerprint density at radius 1 is 1.24 bits per heavy atom. The molecule has 0 atom stereocenters. The van der Waals surface area contributed by atoms with Crippen LogP contribution in [-0.2, 0) is 5.41 Å². The average molecular weight is 359 g/mol. The largest absolute Gasteiger partial charge is 1.00 e. The van der Waals surface area contributed by atoms with E-state index in [2.05, 4.69) is 67.5 Å². The van der Waals surface area contributed by atoms with Gasteiger partial charge in [0.25, 0.3) is 0 Å². The van der Waals surface area contributed by atoms with Crippen molar-refractivity contribution in [2.75, 3.05) is 13.3 Å². The Bertz CT molecular complexity index is 475. The molecular weight excluding hydrogens is 341 g/mol. The number of hydrogen-bond donors (Lipinski definition) is 0. The van der Waals surface area contributed by atoms with Crippen LogP contribution in [0.5, 0.6) is 0 Å². The molecule has 0 spiro atoms. The molecule has 0 saturated heterocycles. The van der Waals surface area contributed by atoms with Gasteiger partial charge in [0.1, 0.15) is 7.05 Å². The normalized spacial score (nSPS) is 17.2. The van der Waals surface area contributed by atoms with Crippen molar-refractivity contribution in [2.24, 2.45) is 0 Å². The maximum absolute atomic E-state index is 2.29. The fourth-order valence-electron chi connectivity index (χ4n) is 2.43. The molecule has 1 aliphatic rings. The van der Waals surface area contributed by atoms with Crippen molar-refractivity contribution in [1.82, 2.24) is 0 Å². The second-order valence-electron chi connectivity index (χ2n) is 4.62. The molecule has 3 heteroatoms. The quantitative estimate of drug-likeness (QED) is 0.551. The molecular formula is C14H18INS. The van der Waals surface area contributed by atoms with Crippen LogP contribution in [0.3, 0.4) is 0 Å². The molecule has 1 aliphatic heterocycles. The Labute approximate surface area is 125 Å². The summed E-state index contributed by atoms with van der Waals surface area (Å²) in [6, 6.07) is 8.64. The van der Waals surface area contributed by atoms with E-state index in [1.807, 2.05) is 0 Å². The predicted octanol–water partition coefficient (Wildman–Crippen LogP) is 0.573. The van der Waals surface area contributed by atoms with E-state index >= 15 is 0 Å². The Morgan fingerprint density at radius 2 is 1.88 bits per heavy atom. The summed E-state index contributed by atoms with van der Waals surface area (Å²) in [4.78, 5) is 0. The minimum atomic E-state index is 0. The summed E-state index contributed by atoms with van der Waals surface area (Å²) in [5, 5.41) is 2.15. The van der Waals surface area contributed by atoms with Crippen molar-refractivity contribution >= 4 is 23.2 Å². The van der Waals surface area contributed by atoms with Crippen molar-refractivity contribution in [1.29, 1.82) is 0 Å². The molecule has 0 bridgehead atoms. The lowest BCUT2D eigenvalue weighted by atomic mass is 9.82. The lowest BCUT2D eigenvalue weighted by Crippen LogP contribution is -3.00. The third-order valence-corrected chi connectivity index (χ3v) is 3.71. The van der Waals surface area contributed by atoms with Gasteiger partial charge < -0.3 is 24.0 Å². The van der Waals surface area contributed by atoms with Gasteiger partial charge in [0, 0.05) is 17.7 Å². The van der Waals surface area contributed by atoms with Crippen LogP contribution in [0.1, 0.15) is 19.4 Å². The first-order chi connectivity index (χ1) is 7.59. The van der Waals surface area contributed by atoms with Gasteiger partial charge in [-0.1, -0.05) is 18.2 Å². The minimum absolute atomic E-state index is 0. The standard InChI is InChI=1S/C14H18NS.HI/c1-14(2)11-7-5-6-8-12(11)15(3)13(14)9-10-16-4;/h5-10H,1-4H3;1H/q+1;/p-1. The molecule has 0 N–H and O–H groups in total. The average Bonchev–Trinajstić information content (AvgIpc) is 2.46. The van der Waals surface area contributed by atoms with Gasteiger partial charge in [0.2, 0.25) is 5.69 Å². The molecule has 0 saturated carbocycles. The second-order valence-corrected chi connectivity index (χ2v) is 5.37. The summed E-state index contributed by atoms with van der Waals surface area (Å²) in [5.41, 5.74) is 4.21. The molecule has 0 aliphatic carbocycles. The van der Waals surface area contributed by atoms with Crippen LogP contribution in [0.2, 0.25) is 0 Å². The van der Waals surface area contributed by atoms with Gasteiger partial charge in [-0.05, 0) is 25.5 Å². The Morgan fingerprint density at radius 3 is 2.47 bits per heavy atom. The van der Waals surface area contributed by atoms with E-state index in [4.69, 9.17) is 0 Å². The first kappa shape index (κ1) is 14.8. The number of thioether (sulfide) groups is 1. The van der Waals surface area contributed by atoms with Crippen LogP contribution in [-0.4, -0.2) is 23.6 Å². The predicted molar refractivity (Wildman–Crippen MR) is 73.0 cm³/mol. The van der Waals surface area contributed by atoms with Crippen molar-refractivity contribution in [2.45, 2.75) is 19.3 Å². The number of allylic oxidation sites excluding steroid dienone is 1. The topological polar surface area (TPSA) is 3.01 Å². The molecule has 1 aromatic rings. The molecule has 17 heavy (non-hydrogen) atoms. The highest BCUT2D eigenvalue weighted by Gasteiger charge is 2.42. The lowest BCUT2D eigenvalue weighted by Gasteiger charge is -2.14. The summed E-state index contributed by atoms with van der Waals surface area (Å²) in [6.45, 7) is 4.57. The van der Waals surface area contributed by atoms with Crippen LogP contribution in [0.4, 0.5) is 5.69 Å². The third-order valence-electron chi connectivity index (χ3n) is 3.30. The number of halogens is 1. The molecule has 92 valence electrons. The first-order valence-corrected chi connectivity index (χ1v) is 6.78. The minimum Gasteiger partial charge on any atom is -1.00 e. The number of para-hydroxylation sites is 1.